The minimum absolute atomic E-state index is 0.234. The van der Waals surface area contributed by atoms with Crippen LogP contribution in [0, 0.1) is 0 Å². The number of para-hydroxylation sites is 1. The fourth-order valence-corrected chi connectivity index (χ4v) is 2.84. The van der Waals surface area contributed by atoms with E-state index < -0.39 is 0 Å². The van der Waals surface area contributed by atoms with Gasteiger partial charge in [-0.3, -0.25) is 4.79 Å². The van der Waals surface area contributed by atoms with Gasteiger partial charge in [-0.15, -0.1) is 0 Å². The number of aryl methyl sites for hydroxylation is 1. The number of nitrogens with zero attached hydrogens (tertiary/aromatic N) is 5. The molecule has 7 heteroatoms. The van der Waals surface area contributed by atoms with Crippen molar-refractivity contribution in [1.82, 2.24) is 24.5 Å². The lowest BCUT2D eigenvalue weighted by Crippen LogP contribution is -2.22. The standard InChI is InChI=1S/C17H17N5O2/c1-20(2)10-11-8-13-12-6-4-5-7-15(12)24-16-14(22(13)19-11)9-18-21(3)17(16)23/h4-9H,10H2,1-3H3. The van der Waals surface area contributed by atoms with Gasteiger partial charge in [-0.05, 0) is 32.3 Å². The summed E-state index contributed by atoms with van der Waals surface area (Å²) in [7, 11) is 5.59. The van der Waals surface area contributed by atoms with E-state index in [0.717, 1.165) is 17.0 Å². The van der Waals surface area contributed by atoms with Crippen molar-refractivity contribution in [2.45, 2.75) is 6.54 Å². The third-order valence-electron chi connectivity index (χ3n) is 3.92. The van der Waals surface area contributed by atoms with Crippen molar-refractivity contribution in [2.24, 2.45) is 7.05 Å². The van der Waals surface area contributed by atoms with Gasteiger partial charge in [0.25, 0.3) is 0 Å². The topological polar surface area (TPSA) is 65.2 Å². The highest BCUT2D eigenvalue weighted by molar-refractivity contribution is 5.72. The molecule has 0 spiro atoms. The van der Waals surface area contributed by atoms with E-state index in [-0.39, 0.29) is 11.3 Å². The van der Waals surface area contributed by atoms with Crippen molar-refractivity contribution in [3.8, 4) is 28.4 Å². The second-order valence-electron chi connectivity index (χ2n) is 6.06. The smallest absolute Gasteiger partial charge is 0.311 e. The van der Waals surface area contributed by atoms with Gasteiger partial charge >= 0.3 is 5.56 Å². The van der Waals surface area contributed by atoms with Gasteiger partial charge in [0.15, 0.2) is 0 Å². The SMILES string of the molecule is CN(C)Cc1cc2n(n1)-c1cnn(C)c(=O)c1Oc1ccccc1-2. The zero-order valence-corrected chi connectivity index (χ0v) is 13.7. The molecular formula is C17H17N5O2. The molecule has 7 nitrogen and oxygen atoms in total. The van der Waals surface area contributed by atoms with Crippen LogP contribution in [0.2, 0.25) is 0 Å². The summed E-state index contributed by atoms with van der Waals surface area (Å²) in [4.78, 5) is 14.5. The maximum absolute atomic E-state index is 12.5. The van der Waals surface area contributed by atoms with E-state index in [1.165, 1.54) is 4.68 Å². The van der Waals surface area contributed by atoms with E-state index >= 15 is 0 Å². The number of aromatic nitrogens is 4. The van der Waals surface area contributed by atoms with Crippen molar-refractivity contribution >= 4 is 0 Å². The van der Waals surface area contributed by atoms with Crippen molar-refractivity contribution in [2.75, 3.05) is 14.1 Å². The maximum atomic E-state index is 12.5. The predicted octanol–water partition coefficient (Wildman–Crippen LogP) is 1.80. The monoisotopic (exact) mass is 323 g/mol. The third kappa shape index (κ3) is 2.21. The van der Waals surface area contributed by atoms with Gasteiger partial charge in [0.05, 0.1) is 17.6 Å². The molecule has 0 N–H and O–H groups in total. The Labute approximate surface area is 138 Å². The van der Waals surface area contributed by atoms with E-state index in [4.69, 9.17) is 4.74 Å². The molecule has 0 unspecified atom stereocenters. The van der Waals surface area contributed by atoms with E-state index in [2.05, 4.69) is 10.2 Å². The summed E-state index contributed by atoms with van der Waals surface area (Å²) in [6.07, 6.45) is 1.61. The van der Waals surface area contributed by atoms with Crippen LogP contribution in [0.15, 0.2) is 41.3 Å². The van der Waals surface area contributed by atoms with E-state index in [0.29, 0.717) is 18.0 Å². The zero-order valence-electron chi connectivity index (χ0n) is 13.7. The van der Waals surface area contributed by atoms with Crippen LogP contribution >= 0.6 is 0 Å². The van der Waals surface area contributed by atoms with Gasteiger partial charge in [-0.25, -0.2) is 9.36 Å². The zero-order chi connectivity index (χ0) is 16.8. The van der Waals surface area contributed by atoms with Gasteiger partial charge in [0.1, 0.15) is 11.4 Å². The first-order valence-corrected chi connectivity index (χ1v) is 7.62. The summed E-state index contributed by atoms with van der Waals surface area (Å²) in [5.74, 6) is 0.871. The minimum atomic E-state index is -0.292. The second-order valence-corrected chi connectivity index (χ2v) is 6.06. The van der Waals surface area contributed by atoms with Gasteiger partial charge in [-0.2, -0.15) is 10.2 Å². The molecule has 24 heavy (non-hydrogen) atoms. The fraction of sp³-hybridized carbons (Fsp3) is 0.235. The Morgan fingerprint density at radius 1 is 1.25 bits per heavy atom. The number of rotatable bonds is 2. The molecule has 0 saturated heterocycles. The number of hydrogen-bond donors (Lipinski definition) is 0. The van der Waals surface area contributed by atoms with Gasteiger partial charge in [0, 0.05) is 19.2 Å². The Kier molecular flexibility index (Phi) is 3.24. The molecular weight excluding hydrogens is 306 g/mol. The van der Waals surface area contributed by atoms with Crippen LogP contribution in [0.25, 0.3) is 16.9 Å². The maximum Gasteiger partial charge on any atom is 0.311 e. The molecule has 0 fully saturated rings. The van der Waals surface area contributed by atoms with E-state index in [1.807, 2.05) is 49.3 Å². The summed E-state index contributed by atoms with van der Waals surface area (Å²) in [5, 5.41) is 8.79. The van der Waals surface area contributed by atoms with Crippen molar-refractivity contribution in [3.63, 3.8) is 0 Å². The second kappa shape index (κ2) is 5.31. The Morgan fingerprint density at radius 3 is 2.83 bits per heavy atom. The van der Waals surface area contributed by atoms with Crippen LogP contribution in [0.3, 0.4) is 0 Å². The van der Waals surface area contributed by atoms with Crippen LogP contribution in [-0.2, 0) is 13.6 Å². The largest absolute Gasteiger partial charge is 0.448 e. The molecule has 0 saturated carbocycles. The van der Waals surface area contributed by atoms with E-state index in [1.54, 1.807) is 17.9 Å². The van der Waals surface area contributed by atoms with Crippen LogP contribution in [-0.4, -0.2) is 38.6 Å². The molecule has 0 radical (unpaired) electrons. The average Bonchev–Trinajstić information content (AvgIpc) is 2.89. The molecule has 3 heterocycles. The van der Waals surface area contributed by atoms with Crippen LogP contribution in [0.1, 0.15) is 5.69 Å². The number of hydrogen-bond acceptors (Lipinski definition) is 5. The Hall–Kier alpha value is -2.93. The van der Waals surface area contributed by atoms with Gasteiger partial charge in [0.2, 0.25) is 5.75 Å². The third-order valence-corrected chi connectivity index (χ3v) is 3.92. The highest BCUT2D eigenvalue weighted by Gasteiger charge is 2.25. The van der Waals surface area contributed by atoms with Gasteiger partial charge in [-0.1, -0.05) is 12.1 Å². The molecule has 2 aromatic heterocycles. The van der Waals surface area contributed by atoms with E-state index in [9.17, 15) is 4.79 Å². The highest BCUT2D eigenvalue weighted by atomic mass is 16.5. The molecule has 1 aliphatic heterocycles. The normalized spacial score (nSPS) is 12.2. The predicted molar refractivity (Wildman–Crippen MR) is 89.5 cm³/mol. The lowest BCUT2D eigenvalue weighted by atomic mass is 10.1. The molecule has 0 aliphatic carbocycles. The molecule has 122 valence electrons. The summed E-state index contributed by atoms with van der Waals surface area (Å²) in [6.45, 7) is 0.705. The minimum Gasteiger partial charge on any atom is -0.448 e. The van der Waals surface area contributed by atoms with Crippen molar-refractivity contribution in [1.29, 1.82) is 0 Å². The molecule has 0 bridgehead atoms. The average molecular weight is 323 g/mol. The lowest BCUT2D eigenvalue weighted by Gasteiger charge is -2.09. The fourth-order valence-electron chi connectivity index (χ4n) is 2.84. The Balaban J connectivity index is 2.03. The lowest BCUT2D eigenvalue weighted by molar-refractivity contribution is 0.395. The summed E-state index contributed by atoms with van der Waals surface area (Å²) >= 11 is 0. The molecule has 1 aromatic carbocycles. The Morgan fingerprint density at radius 2 is 2.04 bits per heavy atom. The van der Waals surface area contributed by atoms with Crippen LogP contribution in [0.4, 0.5) is 0 Å². The molecule has 1 aliphatic rings. The van der Waals surface area contributed by atoms with Crippen LogP contribution in [0.5, 0.6) is 11.5 Å². The number of benzene rings is 1. The number of fused-ring (bicyclic) bond motifs is 5. The first-order chi connectivity index (χ1) is 11.5. The first kappa shape index (κ1) is 14.6. The summed E-state index contributed by atoms with van der Waals surface area (Å²) < 4.78 is 8.94. The summed E-state index contributed by atoms with van der Waals surface area (Å²) in [6, 6.07) is 9.67. The first-order valence-electron chi connectivity index (χ1n) is 7.62. The van der Waals surface area contributed by atoms with Crippen LogP contribution < -0.4 is 10.3 Å². The molecule has 3 aromatic rings. The highest BCUT2D eigenvalue weighted by Crippen LogP contribution is 2.39. The Bertz CT molecular complexity index is 987. The molecule has 4 rings (SSSR count). The van der Waals surface area contributed by atoms with Gasteiger partial charge < -0.3 is 9.64 Å². The number of ether oxygens (including phenoxy) is 1. The molecule has 0 atom stereocenters. The summed E-state index contributed by atoms with van der Waals surface area (Å²) in [5.41, 5.74) is 2.96. The quantitative estimate of drug-likeness (QED) is 0.563. The van der Waals surface area contributed by atoms with Crippen molar-refractivity contribution in [3.05, 3.63) is 52.6 Å². The van der Waals surface area contributed by atoms with Crippen molar-refractivity contribution < 1.29 is 4.74 Å². The molecule has 0 amide bonds.